The number of hydrogen-bond acceptors (Lipinski definition) is 3. The first-order chi connectivity index (χ1) is 2.91. The van der Waals surface area contributed by atoms with Crippen molar-refractivity contribution in [1.29, 1.82) is 0 Å². The fraction of sp³-hybridized carbons (Fsp3) is 1.00. The number of thiol groups is 1. The molecule has 0 spiro atoms. The second-order valence-corrected chi connectivity index (χ2v) is 3.70. The lowest BCUT2D eigenvalue weighted by molar-refractivity contribution is 2.16. The van der Waals surface area contributed by atoms with Crippen LogP contribution in [0.15, 0.2) is 0 Å². The van der Waals surface area contributed by atoms with Gasteiger partial charge in [-0.1, -0.05) is 0 Å². The molecule has 0 aromatic rings. The first-order valence-electron chi connectivity index (χ1n) is 1.59. The third kappa shape index (κ3) is 5.05. The molecule has 0 aliphatic rings. The quantitative estimate of drug-likeness (QED) is 0.361. The van der Waals surface area contributed by atoms with E-state index >= 15 is 0 Å². The SMILES string of the molecule is CSCSCS. The normalized spacial score (nSPS) is 9.00. The van der Waals surface area contributed by atoms with Crippen LogP contribution in [-0.2, 0) is 0 Å². The minimum atomic E-state index is 0.945. The summed E-state index contributed by atoms with van der Waals surface area (Å²) in [6.07, 6.45) is 2.09. The van der Waals surface area contributed by atoms with Crippen molar-refractivity contribution in [2.24, 2.45) is 0 Å². The van der Waals surface area contributed by atoms with Crippen molar-refractivity contribution in [3.8, 4) is 0 Å². The molecule has 0 unspecified atom stereocenters. The highest BCUT2D eigenvalue weighted by Crippen LogP contribution is 2.08. The number of hydrogen-bond donors (Lipinski definition) is 1. The van der Waals surface area contributed by atoms with Crippen molar-refractivity contribution in [2.75, 3.05) is 16.4 Å². The Kier molecular flexibility index (Phi) is 7.11. The summed E-state index contributed by atoms with van der Waals surface area (Å²) in [6.45, 7) is 0. The van der Waals surface area contributed by atoms with Gasteiger partial charge in [0.2, 0.25) is 0 Å². The van der Waals surface area contributed by atoms with Gasteiger partial charge in [-0.3, -0.25) is 0 Å². The monoisotopic (exact) mass is 140 g/mol. The van der Waals surface area contributed by atoms with Gasteiger partial charge in [-0.2, -0.15) is 24.4 Å². The van der Waals surface area contributed by atoms with Crippen molar-refractivity contribution in [3.63, 3.8) is 0 Å². The molecule has 0 rings (SSSR count). The Morgan fingerprint density at radius 2 is 2.33 bits per heavy atom. The summed E-state index contributed by atoms with van der Waals surface area (Å²) in [4.78, 5) is 0. The van der Waals surface area contributed by atoms with Crippen molar-refractivity contribution in [2.45, 2.75) is 0 Å². The van der Waals surface area contributed by atoms with Crippen LogP contribution in [0.1, 0.15) is 0 Å². The van der Waals surface area contributed by atoms with E-state index in [9.17, 15) is 0 Å². The summed E-state index contributed by atoms with van der Waals surface area (Å²) in [5.74, 6) is 0. The van der Waals surface area contributed by atoms with E-state index in [1.54, 1.807) is 0 Å². The van der Waals surface area contributed by atoms with Crippen LogP contribution in [0.25, 0.3) is 0 Å². The molecule has 0 radical (unpaired) electrons. The van der Waals surface area contributed by atoms with Crippen LogP contribution < -0.4 is 0 Å². The smallest absolute Gasteiger partial charge is 0.0397 e. The van der Waals surface area contributed by atoms with Gasteiger partial charge in [0.1, 0.15) is 0 Å². The molecule has 0 fully saturated rings. The largest absolute Gasteiger partial charge is 0.168 e. The van der Waals surface area contributed by atoms with Crippen LogP contribution in [0.3, 0.4) is 0 Å². The summed E-state index contributed by atoms with van der Waals surface area (Å²) in [6, 6.07) is 0. The van der Waals surface area contributed by atoms with E-state index in [0.717, 1.165) is 5.08 Å². The molecule has 0 aromatic heterocycles. The van der Waals surface area contributed by atoms with Gasteiger partial charge in [-0.25, -0.2) is 0 Å². The van der Waals surface area contributed by atoms with E-state index < -0.39 is 0 Å². The van der Waals surface area contributed by atoms with Crippen molar-refractivity contribution < 1.29 is 0 Å². The molecule has 0 aromatic carbocycles. The number of rotatable bonds is 3. The van der Waals surface area contributed by atoms with E-state index in [1.165, 1.54) is 5.08 Å². The Bertz CT molecular complexity index is 18.0. The molecule has 0 atom stereocenters. The van der Waals surface area contributed by atoms with E-state index in [2.05, 4.69) is 18.9 Å². The molecule has 0 nitrogen and oxygen atoms in total. The lowest BCUT2D eigenvalue weighted by atomic mass is 11.9. The fourth-order valence-electron chi connectivity index (χ4n) is 0.121. The molecule has 0 heterocycles. The summed E-state index contributed by atoms with van der Waals surface area (Å²) in [5.41, 5.74) is 0. The highest BCUT2D eigenvalue weighted by atomic mass is 32.2. The summed E-state index contributed by atoms with van der Waals surface area (Å²) < 4.78 is 0. The summed E-state index contributed by atoms with van der Waals surface area (Å²) >= 11 is 7.68. The Morgan fingerprint density at radius 3 is 2.50 bits per heavy atom. The molecule has 3 heteroatoms. The van der Waals surface area contributed by atoms with Crippen LogP contribution in [-0.4, -0.2) is 16.4 Å². The van der Waals surface area contributed by atoms with Gasteiger partial charge in [-0.15, -0.1) is 11.8 Å². The fourth-order valence-corrected chi connectivity index (χ4v) is 1.76. The van der Waals surface area contributed by atoms with Gasteiger partial charge in [0.25, 0.3) is 0 Å². The highest BCUT2D eigenvalue weighted by Gasteiger charge is 1.75. The van der Waals surface area contributed by atoms with Gasteiger partial charge in [0.15, 0.2) is 0 Å². The second kappa shape index (κ2) is 6.05. The van der Waals surface area contributed by atoms with E-state index in [0.29, 0.717) is 0 Å². The van der Waals surface area contributed by atoms with Crippen LogP contribution in [0.2, 0.25) is 0 Å². The maximum atomic E-state index is 4.00. The standard InChI is InChI=1S/C3H8S3/c1-5-3-6-2-4/h4H,2-3H2,1H3. The molecule has 6 heavy (non-hydrogen) atoms. The van der Waals surface area contributed by atoms with Gasteiger partial charge >= 0.3 is 0 Å². The number of thioether (sulfide) groups is 2. The maximum Gasteiger partial charge on any atom is 0.0397 e. The zero-order valence-corrected chi connectivity index (χ0v) is 6.21. The van der Waals surface area contributed by atoms with E-state index in [-0.39, 0.29) is 0 Å². The minimum absolute atomic E-state index is 0.945. The maximum absolute atomic E-state index is 4.00. The zero-order chi connectivity index (χ0) is 4.83. The average Bonchev–Trinajstić information content (AvgIpc) is 1.61. The van der Waals surface area contributed by atoms with Gasteiger partial charge < -0.3 is 0 Å². The molecule has 0 amide bonds. The topological polar surface area (TPSA) is 0 Å². The highest BCUT2D eigenvalue weighted by molar-refractivity contribution is 8.19. The molecular formula is C3H8S3. The molecule has 0 aliphatic heterocycles. The summed E-state index contributed by atoms with van der Waals surface area (Å²) in [5, 5.41) is 2.12. The minimum Gasteiger partial charge on any atom is -0.168 e. The van der Waals surface area contributed by atoms with Crippen LogP contribution >= 0.6 is 36.2 Å². The Balaban J connectivity index is 2.34. The predicted octanol–water partition coefficient (Wildman–Crippen LogP) is 1.93. The Labute approximate surface area is 52.9 Å². The molecule has 0 aliphatic carbocycles. The Morgan fingerprint density at radius 1 is 1.67 bits per heavy atom. The molecule has 0 N–H and O–H groups in total. The molecule has 38 valence electrons. The molecular weight excluding hydrogens is 132 g/mol. The third-order valence-electron chi connectivity index (χ3n) is 0.292. The lowest BCUT2D eigenvalue weighted by Crippen LogP contribution is -1.63. The average molecular weight is 140 g/mol. The van der Waals surface area contributed by atoms with Gasteiger partial charge in [0.05, 0.1) is 0 Å². The Hall–Kier alpha value is 1.05. The van der Waals surface area contributed by atoms with Crippen molar-refractivity contribution in [1.82, 2.24) is 0 Å². The van der Waals surface area contributed by atoms with E-state index in [4.69, 9.17) is 0 Å². The van der Waals surface area contributed by atoms with Gasteiger partial charge in [-0.05, 0) is 6.26 Å². The summed E-state index contributed by atoms with van der Waals surface area (Å²) in [7, 11) is 0. The first kappa shape index (κ1) is 7.05. The van der Waals surface area contributed by atoms with Gasteiger partial charge in [0, 0.05) is 10.2 Å². The third-order valence-corrected chi connectivity index (χ3v) is 2.63. The molecule has 0 bridgehead atoms. The van der Waals surface area contributed by atoms with E-state index in [1.807, 2.05) is 23.5 Å². The lowest BCUT2D eigenvalue weighted by Gasteiger charge is -1.86. The van der Waals surface area contributed by atoms with Crippen LogP contribution in [0.5, 0.6) is 0 Å². The zero-order valence-electron chi connectivity index (χ0n) is 3.68. The molecule has 0 saturated heterocycles. The van der Waals surface area contributed by atoms with Crippen molar-refractivity contribution >= 4 is 36.2 Å². The second-order valence-electron chi connectivity index (χ2n) is 0.740. The first-order valence-corrected chi connectivity index (χ1v) is 4.77. The van der Waals surface area contributed by atoms with Crippen molar-refractivity contribution in [3.05, 3.63) is 0 Å². The predicted molar refractivity (Wildman–Crippen MR) is 39.8 cm³/mol. The van der Waals surface area contributed by atoms with Crippen LogP contribution in [0.4, 0.5) is 0 Å². The molecule has 0 saturated carbocycles. The van der Waals surface area contributed by atoms with Crippen LogP contribution in [0, 0.1) is 0 Å².